The molecule has 0 fully saturated rings. The Morgan fingerprint density at radius 2 is 1.89 bits per heavy atom. The highest BCUT2D eigenvalue weighted by Crippen LogP contribution is 2.27. The minimum absolute atomic E-state index is 0.0703. The average Bonchev–Trinajstić information content (AvgIpc) is 2.40. The van der Waals surface area contributed by atoms with Gasteiger partial charge >= 0.3 is 0 Å². The van der Waals surface area contributed by atoms with Crippen molar-refractivity contribution in [2.24, 2.45) is 5.73 Å². The first-order chi connectivity index (χ1) is 8.70. The van der Waals surface area contributed by atoms with Crippen molar-refractivity contribution in [3.63, 3.8) is 0 Å². The lowest BCUT2D eigenvalue weighted by molar-refractivity contribution is 0.789. The largest absolute Gasteiger partial charge is 0.377 e. The highest BCUT2D eigenvalue weighted by molar-refractivity contribution is 9.10. The third-order valence-corrected chi connectivity index (χ3v) is 3.91. The molecule has 0 amide bonds. The third-order valence-electron chi connectivity index (χ3n) is 2.70. The summed E-state index contributed by atoms with van der Waals surface area (Å²) in [6.07, 6.45) is 0. The number of benzene rings is 2. The predicted octanol–water partition coefficient (Wildman–Crippen LogP) is 4.21. The van der Waals surface area contributed by atoms with E-state index in [2.05, 4.69) is 21.2 Å². The van der Waals surface area contributed by atoms with Crippen LogP contribution in [0.3, 0.4) is 0 Å². The van der Waals surface area contributed by atoms with Crippen LogP contribution in [0.25, 0.3) is 0 Å². The van der Waals surface area contributed by atoms with E-state index < -0.39 is 0 Å². The van der Waals surface area contributed by atoms with Crippen LogP contribution in [0, 0.1) is 0 Å². The van der Waals surface area contributed by atoms with E-state index in [-0.39, 0.29) is 6.04 Å². The maximum absolute atomic E-state index is 5.99. The Morgan fingerprint density at radius 1 is 1.17 bits per heavy atom. The SMILES string of the molecule is NCC(Nc1ccccc1)c1ccc(Cl)c(Br)c1. The van der Waals surface area contributed by atoms with E-state index in [1.54, 1.807) is 0 Å². The number of rotatable bonds is 4. The summed E-state index contributed by atoms with van der Waals surface area (Å²) < 4.78 is 0.884. The summed E-state index contributed by atoms with van der Waals surface area (Å²) in [5, 5.41) is 4.11. The predicted molar refractivity (Wildman–Crippen MR) is 81.0 cm³/mol. The van der Waals surface area contributed by atoms with Crippen LogP contribution in [0.5, 0.6) is 0 Å². The van der Waals surface area contributed by atoms with Gasteiger partial charge in [-0.1, -0.05) is 35.9 Å². The summed E-state index contributed by atoms with van der Waals surface area (Å²) in [6.45, 7) is 0.517. The normalized spacial score (nSPS) is 12.2. The van der Waals surface area contributed by atoms with Crippen LogP contribution >= 0.6 is 27.5 Å². The summed E-state index contributed by atoms with van der Waals surface area (Å²) in [5.74, 6) is 0. The molecule has 0 bridgehead atoms. The molecule has 2 aromatic rings. The molecule has 0 saturated carbocycles. The van der Waals surface area contributed by atoms with Crippen LogP contribution in [-0.4, -0.2) is 6.54 Å². The van der Waals surface area contributed by atoms with Gasteiger partial charge in [-0.3, -0.25) is 0 Å². The molecule has 4 heteroatoms. The average molecular weight is 326 g/mol. The summed E-state index contributed by atoms with van der Waals surface area (Å²) in [4.78, 5) is 0. The van der Waals surface area contributed by atoms with Gasteiger partial charge in [0.2, 0.25) is 0 Å². The molecule has 1 unspecified atom stereocenters. The lowest BCUT2D eigenvalue weighted by Gasteiger charge is -2.19. The zero-order valence-corrected chi connectivity index (χ0v) is 12.1. The molecule has 3 N–H and O–H groups in total. The Balaban J connectivity index is 2.20. The molecule has 18 heavy (non-hydrogen) atoms. The number of nitrogens with two attached hydrogens (primary N) is 1. The maximum Gasteiger partial charge on any atom is 0.0636 e. The lowest BCUT2D eigenvalue weighted by Crippen LogP contribution is -2.20. The fraction of sp³-hybridized carbons (Fsp3) is 0.143. The first-order valence-electron chi connectivity index (χ1n) is 5.67. The van der Waals surface area contributed by atoms with E-state index in [9.17, 15) is 0 Å². The summed E-state index contributed by atoms with van der Waals surface area (Å²) in [7, 11) is 0. The van der Waals surface area contributed by atoms with Gasteiger partial charge in [0.05, 0.1) is 11.1 Å². The van der Waals surface area contributed by atoms with Crippen LogP contribution in [0.15, 0.2) is 53.0 Å². The first-order valence-corrected chi connectivity index (χ1v) is 6.84. The monoisotopic (exact) mass is 324 g/mol. The standard InChI is InChI=1S/C14H14BrClN2/c15-12-8-10(6-7-13(12)16)14(9-17)18-11-4-2-1-3-5-11/h1-8,14,18H,9,17H2. The van der Waals surface area contributed by atoms with E-state index in [0.29, 0.717) is 11.6 Å². The topological polar surface area (TPSA) is 38.0 Å². The van der Waals surface area contributed by atoms with Gasteiger partial charge in [-0.05, 0) is 45.8 Å². The Bertz CT molecular complexity index is 516. The van der Waals surface area contributed by atoms with Gasteiger partial charge in [-0.25, -0.2) is 0 Å². The maximum atomic E-state index is 5.99. The van der Waals surface area contributed by atoms with Gasteiger partial charge in [0, 0.05) is 16.7 Å². The van der Waals surface area contributed by atoms with E-state index in [4.69, 9.17) is 17.3 Å². The second-order valence-electron chi connectivity index (χ2n) is 3.97. The van der Waals surface area contributed by atoms with Crippen molar-refractivity contribution in [3.05, 3.63) is 63.6 Å². The molecule has 0 aliphatic carbocycles. The van der Waals surface area contributed by atoms with Gasteiger partial charge in [0.15, 0.2) is 0 Å². The van der Waals surface area contributed by atoms with Gasteiger partial charge in [-0.15, -0.1) is 0 Å². The van der Waals surface area contributed by atoms with Gasteiger partial charge in [0.25, 0.3) is 0 Å². The number of hydrogen-bond donors (Lipinski definition) is 2. The van der Waals surface area contributed by atoms with Crippen LogP contribution in [0.1, 0.15) is 11.6 Å². The minimum atomic E-state index is 0.0703. The second-order valence-corrected chi connectivity index (χ2v) is 5.23. The molecule has 94 valence electrons. The van der Waals surface area contributed by atoms with Crippen LogP contribution in [-0.2, 0) is 0 Å². The van der Waals surface area contributed by atoms with Crippen molar-refractivity contribution in [1.29, 1.82) is 0 Å². The number of para-hydroxylation sites is 1. The van der Waals surface area contributed by atoms with Gasteiger partial charge in [-0.2, -0.15) is 0 Å². The van der Waals surface area contributed by atoms with Gasteiger partial charge in [0.1, 0.15) is 0 Å². The third kappa shape index (κ3) is 3.25. The van der Waals surface area contributed by atoms with Crippen LogP contribution in [0.2, 0.25) is 5.02 Å². The smallest absolute Gasteiger partial charge is 0.0636 e. The van der Waals surface area contributed by atoms with Crippen molar-refractivity contribution in [1.82, 2.24) is 0 Å². The molecule has 1 atom stereocenters. The van der Waals surface area contributed by atoms with Crippen molar-refractivity contribution in [3.8, 4) is 0 Å². The molecule has 0 heterocycles. The molecule has 0 saturated heterocycles. The second kappa shape index (κ2) is 6.23. The molecule has 2 nitrogen and oxygen atoms in total. The number of nitrogens with one attached hydrogen (secondary N) is 1. The minimum Gasteiger partial charge on any atom is -0.377 e. The van der Waals surface area contributed by atoms with E-state index in [0.717, 1.165) is 15.7 Å². The van der Waals surface area contributed by atoms with Crippen molar-refractivity contribution >= 4 is 33.2 Å². The van der Waals surface area contributed by atoms with E-state index in [1.165, 1.54) is 0 Å². The highest BCUT2D eigenvalue weighted by atomic mass is 79.9. The number of halogens is 2. The Morgan fingerprint density at radius 3 is 2.50 bits per heavy atom. The molecule has 2 aromatic carbocycles. The van der Waals surface area contributed by atoms with Crippen molar-refractivity contribution < 1.29 is 0 Å². The molecule has 0 aliphatic rings. The molecule has 0 spiro atoms. The van der Waals surface area contributed by atoms with E-state index in [1.807, 2.05) is 48.5 Å². The quantitative estimate of drug-likeness (QED) is 0.883. The highest BCUT2D eigenvalue weighted by Gasteiger charge is 2.10. The zero-order chi connectivity index (χ0) is 13.0. The lowest BCUT2D eigenvalue weighted by atomic mass is 10.1. The molecule has 0 radical (unpaired) electrons. The fourth-order valence-electron chi connectivity index (χ4n) is 1.74. The van der Waals surface area contributed by atoms with Crippen LogP contribution in [0.4, 0.5) is 5.69 Å². The number of hydrogen-bond acceptors (Lipinski definition) is 2. The molecule has 2 rings (SSSR count). The summed E-state index contributed by atoms with van der Waals surface area (Å²) in [6, 6.07) is 15.9. The Labute approximate surface area is 120 Å². The summed E-state index contributed by atoms with van der Waals surface area (Å²) in [5.41, 5.74) is 7.99. The number of anilines is 1. The van der Waals surface area contributed by atoms with Gasteiger partial charge < -0.3 is 11.1 Å². The molecule has 0 aliphatic heterocycles. The molecular weight excluding hydrogens is 312 g/mol. The Kier molecular flexibility index (Phi) is 4.64. The van der Waals surface area contributed by atoms with Crippen molar-refractivity contribution in [2.75, 3.05) is 11.9 Å². The summed E-state index contributed by atoms with van der Waals surface area (Å²) >= 11 is 9.42. The fourth-order valence-corrected chi connectivity index (χ4v) is 2.26. The van der Waals surface area contributed by atoms with Crippen molar-refractivity contribution in [2.45, 2.75) is 6.04 Å². The molecular formula is C14H14BrClN2. The first kappa shape index (κ1) is 13.4. The van der Waals surface area contributed by atoms with E-state index >= 15 is 0 Å². The zero-order valence-electron chi connectivity index (χ0n) is 9.74. The van der Waals surface area contributed by atoms with Crippen LogP contribution < -0.4 is 11.1 Å². The molecule has 0 aromatic heterocycles. The Hall–Kier alpha value is -1.03.